The molecule has 1 N–H and O–H groups in total. The van der Waals surface area contributed by atoms with Gasteiger partial charge in [0.1, 0.15) is 0 Å². The summed E-state index contributed by atoms with van der Waals surface area (Å²) < 4.78 is 5.40. The van der Waals surface area contributed by atoms with Gasteiger partial charge in [0, 0.05) is 20.2 Å². The normalized spacial score (nSPS) is 11.8. The van der Waals surface area contributed by atoms with Crippen LogP contribution in [0.1, 0.15) is 36.2 Å². The number of hydrogen-bond acceptors (Lipinski definition) is 3. The number of aromatic carboxylic acids is 1. The van der Waals surface area contributed by atoms with Gasteiger partial charge in [-0.05, 0) is 45.4 Å². The molecule has 0 fully saturated rings. The minimum absolute atomic E-state index is 0.118. The van der Waals surface area contributed by atoms with Crippen molar-refractivity contribution >= 4 is 5.97 Å². The van der Waals surface area contributed by atoms with Crippen molar-refractivity contribution in [3.63, 3.8) is 0 Å². The smallest absolute Gasteiger partial charge is 0.335 e. The van der Waals surface area contributed by atoms with Crippen LogP contribution < -0.4 is 0 Å². The number of benzene rings is 1. The second kappa shape index (κ2) is 7.41. The number of carboxylic acids is 1. The maximum atomic E-state index is 11.1. The highest BCUT2D eigenvalue weighted by molar-refractivity contribution is 5.89. The van der Waals surface area contributed by atoms with Crippen molar-refractivity contribution in [1.29, 1.82) is 0 Å². The molecule has 0 aliphatic carbocycles. The van der Waals surface area contributed by atoms with Crippen LogP contribution in [-0.2, 0) is 11.2 Å². The quantitative estimate of drug-likeness (QED) is 0.795. The molecular formula is C16H25NO3. The summed E-state index contributed by atoms with van der Waals surface area (Å²) in [6.07, 6.45) is 1.69. The first-order chi connectivity index (χ1) is 9.35. The third-order valence-corrected chi connectivity index (χ3v) is 3.66. The number of carboxylic acid groups (broad SMARTS) is 1. The Morgan fingerprint density at radius 1 is 1.30 bits per heavy atom. The van der Waals surface area contributed by atoms with Crippen molar-refractivity contribution in [3.05, 3.63) is 35.4 Å². The van der Waals surface area contributed by atoms with E-state index >= 15 is 0 Å². The predicted octanol–water partition coefficient (Wildman–Crippen LogP) is 2.67. The first-order valence-electron chi connectivity index (χ1n) is 6.90. The number of nitrogens with zero attached hydrogens (tertiary/aromatic N) is 1. The molecule has 0 bridgehead atoms. The molecule has 0 heterocycles. The molecule has 1 aromatic carbocycles. The van der Waals surface area contributed by atoms with Gasteiger partial charge >= 0.3 is 5.97 Å². The van der Waals surface area contributed by atoms with E-state index in [1.807, 2.05) is 12.1 Å². The lowest BCUT2D eigenvalue weighted by atomic mass is 10.0. The molecule has 0 amide bonds. The van der Waals surface area contributed by atoms with E-state index < -0.39 is 5.97 Å². The van der Waals surface area contributed by atoms with Crippen LogP contribution in [0.15, 0.2) is 24.3 Å². The molecular weight excluding hydrogens is 254 g/mol. The summed E-state index contributed by atoms with van der Waals surface area (Å²) in [5.74, 6) is -0.858. The second-order valence-electron chi connectivity index (χ2n) is 5.73. The highest BCUT2D eigenvalue weighted by atomic mass is 16.5. The minimum Gasteiger partial charge on any atom is -0.478 e. The van der Waals surface area contributed by atoms with Crippen molar-refractivity contribution < 1.29 is 14.6 Å². The molecule has 1 rings (SSSR count). The maximum Gasteiger partial charge on any atom is 0.335 e. The van der Waals surface area contributed by atoms with Crippen LogP contribution >= 0.6 is 0 Å². The average molecular weight is 279 g/mol. The van der Waals surface area contributed by atoms with Crippen LogP contribution in [0.25, 0.3) is 0 Å². The Hall–Kier alpha value is -1.39. The molecule has 20 heavy (non-hydrogen) atoms. The Morgan fingerprint density at radius 3 is 2.55 bits per heavy atom. The van der Waals surface area contributed by atoms with Crippen LogP contribution in [0.3, 0.4) is 0 Å². The van der Waals surface area contributed by atoms with E-state index in [1.54, 1.807) is 19.2 Å². The average Bonchev–Trinajstić information content (AvgIpc) is 2.43. The van der Waals surface area contributed by atoms with Gasteiger partial charge < -0.3 is 14.7 Å². The van der Waals surface area contributed by atoms with Crippen molar-refractivity contribution in [2.45, 2.75) is 32.3 Å². The van der Waals surface area contributed by atoms with Crippen molar-refractivity contribution in [2.75, 3.05) is 27.2 Å². The zero-order valence-corrected chi connectivity index (χ0v) is 12.8. The first-order valence-corrected chi connectivity index (χ1v) is 6.90. The van der Waals surface area contributed by atoms with E-state index in [9.17, 15) is 4.79 Å². The Labute approximate surface area is 121 Å². The second-order valence-corrected chi connectivity index (χ2v) is 5.73. The fourth-order valence-electron chi connectivity index (χ4n) is 1.93. The number of methoxy groups -OCH3 is 1. The molecule has 1 aromatic rings. The van der Waals surface area contributed by atoms with Gasteiger partial charge in [-0.3, -0.25) is 0 Å². The lowest BCUT2D eigenvalue weighted by molar-refractivity contribution is 0.00922. The van der Waals surface area contributed by atoms with E-state index in [0.717, 1.165) is 31.5 Å². The molecule has 4 heteroatoms. The number of carbonyl (C=O) groups is 1. The summed E-state index contributed by atoms with van der Waals surface area (Å²) in [7, 11) is 3.78. The highest BCUT2D eigenvalue weighted by Crippen LogP contribution is 2.14. The molecule has 0 spiro atoms. The van der Waals surface area contributed by atoms with E-state index in [0.29, 0.717) is 5.56 Å². The molecule has 0 aliphatic heterocycles. The lowest BCUT2D eigenvalue weighted by Gasteiger charge is -2.26. The third kappa shape index (κ3) is 5.31. The van der Waals surface area contributed by atoms with Crippen LogP contribution in [0.2, 0.25) is 0 Å². The Morgan fingerprint density at radius 2 is 1.95 bits per heavy atom. The molecule has 0 aliphatic rings. The molecule has 0 radical (unpaired) electrons. The zero-order valence-electron chi connectivity index (χ0n) is 12.8. The maximum absolute atomic E-state index is 11.1. The Kier molecular flexibility index (Phi) is 6.17. The molecule has 112 valence electrons. The molecule has 0 unspecified atom stereocenters. The Bertz CT molecular complexity index is 443. The SMILES string of the molecule is COC(C)(C)CCN(C)CCc1ccccc1C(=O)O. The predicted molar refractivity (Wildman–Crippen MR) is 80.3 cm³/mol. The van der Waals surface area contributed by atoms with Gasteiger partial charge in [-0.1, -0.05) is 18.2 Å². The zero-order chi connectivity index (χ0) is 15.2. The minimum atomic E-state index is -0.858. The monoisotopic (exact) mass is 279 g/mol. The number of likely N-dealkylation sites (N-methyl/N-ethyl adjacent to an activating group) is 1. The summed E-state index contributed by atoms with van der Waals surface area (Å²) in [4.78, 5) is 13.3. The van der Waals surface area contributed by atoms with Crippen LogP contribution in [-0.4, -0.2) is 48.8 Å². The molecule has 0 aromatic heterocycles. The van der Waals surface area contributed by atoms with Gasteiger partial charge in [-0.2, -0.15) is 0 Å². The van der Waals surface area contributed by atoms with Crippen LogP contribution in [0.4, 0.5) is 0 Å². The summed E-state index contributed by atoms with van der Waals surface area (Å²) >= 11 is 0. The molecule has 4 nitrogen and oxygen atoms in total. The van der Waals surface area contributed by atoms with Gasteiger partial charge in [-0.15, -0.1) is 0 Å². The molecule has 0 saturated heterocycles. The summed E-state index contributed by atoms with van der Waals surface area (Å²) in [6, 6.07) is 7.19. The van der Waals surface area contributed by atoms with Gasteiger partial charge in [0.2, 0.25) is 0 Å². The number of hydrogen-bond donors (Lipinski definition) is 1. The van der Waals surface area contributed by atoms with Crippen molar-refractivity contribution in [3.8, 4) is 0 Å². The van der Waals surface area contributed by atoms with E-state index in [2.05, 4.69) is 25.8 Å². The van der Waals surface area contributed by atoms with Gasteiger partial charge in [0.05, 0.1) is 11.2 Å². The van der Waals surface area contributed by atoms with Gasteiger partial charge in [0.25, 0.3) is 0 Å². The lowest BCUT2D eigenvalue weighted by Crippen LogP contribution is -2.31. The van der Waals surface area contributed by atoms with E-state index in [1.165, 1.54) is 0 Å². The number of rotatable bonds is 8. The topological polar surface area (TPSA) is 49.8 Å². The van der Waals surface area contributed by atoms with Crippen LogP contribution in [0.5, 0.6) is 0 Å². The summed E-state index contributed by atoms with van der Waals surface area (Å²) in [6.45, 7) is 5.90. The van der Waals surface area contributed by atoms with Gasteiger partial charge in [-0.25, -0.2) is 4.79 Å². The highest BCUT2D eigenvalue weighted by Gasteiger charge is 2.17. The fourth-order valence-corrected chi connectivity index (χ4v) is 1.93. The Balaban J connectivity index is 2.49. The van der Waals surface area contributed by atoms with Crippen molar-refractivity contribution in [1.82, 2.24) is 4.90 Å². The van der Waals surface area contributed by atoms with Gasteiger partial charge in [0.15, 0.2) is 0 Å². The van der Waals surface area contributed by atoms with Crippen molar-refractivity contribution in [2.24, 2.45) is 0 Å². The fraction of sp³-hybridized carbons (Fsp3) is 0.562. The first kappa shape index (κ1) is 16.7. The summed E-state index contributed by atoms with van der Waals surface area (Å²) in [5, 5.41) is 9.14. The molecule has 0 saturated carbocycles. The largest absolute Gasteiger partial charge is 0.478 e. The third-order valence-electron chi connectivity index (χ3n) is 3.66. The summed E-state index contributed by atoms with van der Waals surface area (Å²) in [5.41, 5.74) is 1.17. The standard InChI is InChI=1S/C16H25NO3/c1-16(2,20-4)10-12-17(3)11-9-13-7-5-6-8-14(13)15(18)19/h5-8H,9-12H2,1-4H3,(H,18,19). The van der Waals surface area contributed by atoms with E-state index in [-0.39, 0.29) is 5.60 Å². The van der Waals surface area contributed by atoms with Crippen LogP contribution in [0, 0.1) is 0 Å². The molecule has 0 atom stereocenters. The van der Waals surface area contributed by atoms with E-state index in [4.69, 9.17) is 9.84 Å². The number of ether oxygens (including phenoxy) is 1.